The maximum absolute atomic E-state index is 6.66. The summed E-state index contributed by atoms with van der Waals surface area (Å²) in [5.41, 5.74) is 16.5. The van der Waals surface area contributed by atoms with E-state index in [9.17, 15) is 0 Å². The standard InChI is InChI=1S/C60H37N3O/c1-4-16-38(17-5-1)39-28-30-40(31-29-39)51-37-52(63-59(62-51)42-20-8-3-9-21-42)43-32-33-45-53(36-43)61-58(41-18-6-2-7-19-41)46-34-35-50-57(56(45)46)44-22-10-11-23-47(44)60(50)48-24-12-14-26-54(48)64-55-27-15-13-25-49(55)60/h1-37H. The molecule has 1 spiro atoms. The lowest BCUT2D eigenvalue weighted by atomic mass is 9.66. The third kappa shape index (κ3) is 5.46. The molecule has 0 N–H and O–H groups in total. The van der Waals surface area contributed by atoms with Gasteiger partial charge in [-0.2, -0.15) is 0 Å². The molecule has 11 aromatic rings. The van der Waals surface area contributed by atoms with Crippen LogP contribution in [-0.2, 0) is 5.41 Å². The molecule has 64 heavy (non-hydrogen) atoms. The van der Waals surface area contributed by atoms with Gasteiger partial charge in [0, 0.05) is 49.5 Å². The average Bonchev–Trinajstić information content (AvgIpc) is 3.67. The van der Waals surface area contributed by atoms with E-state index in [4.69, 9.17) is 19.7 Å². The number of hydrogen-bond acceptors (Lipinski definition) is 4. The van der Waals surface area contributed by atoms with Crippen molar-refractivity contribution in [2.75, 3.05) is 0 Å². The van der Waals surface area contributed by atoms with Crippen molar-refractivity contribution < 1.29 is 4.74 Å². The van der Waals surface area contributed by atoms with Crippen molar-refractivity contribution in [1.29, 1.82) is 0 Å². The predicted octanol–water partition coefficient (Wildman–Crippen LogP) is 15.0. The molecule has 0 saturated carbocycles. The Kier molecular flexibility index (Phi) is 8.09. The zero-order valence-electron chi connectivity index (χ0n) is 34.6. The molecule has 2 aromatic heterocycles. The van der Waals surface area contributed by atoms with E-state index in [2.05, 4.69) is 200 Å². The molecule has 0 saturated heterocycles. The van der Waals surface area contributed by atoms with Crippen molar-refractivity contribution in [3.05, 3.63) is 247 Å². The fraction of sp³-hybridized carbons (Fsp3) is 0.0167. The molecular formula is C60H37N3O. The first-order valence-corrected chi connectivity index (χ1v) is 21.8. The van der Waals surface area contributed by atoms with Crippen molar-refractivity contribution in [2.45, 2.75) is 5.41 Å². The SMILES string of the molecule is c1ccc(-c2ccc(-c3cc(-c4ccc5c(c4)nc(-c4ccccc4)c4ccc6c(c45)-c4ccccc4C64c5ccccc5Oc5ccccc54)nc(-c4ccccc4)n3)cc2)cc1. The summed E-state index contributed by atoms with van der Waals surface area (Å²) in [6.07, 6.45) is 0. The van der Waals surface area contributed by atoms with Crippen LogP contribution < -0.4 is 4.74 Å². The molecular weight excluding hydrogens is 779 g/mol. The number of benzene rings is 9. The Morgan fingerprint density at radius 3 is 1.55 bits per heavy atom. The Morgan fingerprint density at radius 1 is 0.344 bits per heavy atom. The van der Waals surface area contributed by atoms with Crippen LogP contribution in [0.4, 0.5) is 0 Å². The summed E-state index contributed by atoms with van der Waals surface area (Å²) in [6, 6.07) is 79.4. The van der Waals surface area contributed by atoms with Crippen molar-refractivity contribution in [3.8, 4) is 78.9 Å². The number of fused-ring (bicyclic) bond motifs is 13. The maximum atomic E-state index is 6.66. The van der Waals surface area contributed by atoms with Gasteiger partial charge < -0.3 is 4.74 Å². The van der Waals surface area contributed by atoms with Gasteiger partial charge in [0.1, 0.15) is 11.5 Å². The molecule has 298 valence electrons. The molecule has 0 bridgehead atoms. The normalized spacial score (nSPS) is 12.9. The highest BCUT2D eigenvalue weighted by Gasteiger charge is 2.51. The third-order valence-electron chi connectivity index (χ3n) is 13.2. The van der Waals surface area contributed by atoms with Crippen molar-refractivity contribution in [3.63, 3.8) is 0 Å². The summed E-state index contributed by atoms with van der Waals surface area (Å²) in [5, 5.41) is 3.38. The van der Waals surface area contributed by atoms with Crippen molar-refractivity contribution in [1.82, 2.24) is 15.0 Å². The van der Waals surface area contributed by atoms with E-state index in [0.717, 1.165) is 83.8 Å². The van der Waals surface area contributed by atoms with Crippen molar-refractivity contribution >= 4 is 21.7 Å². The smallest absolute Gasteiger partial charge is 0.160 e. The number of para-hydroxylation sites is 2. The molecule has 9 aromatic carbocycles. The van der Waals surface area contributed by atoms with E-state index in [1.807, 2.05) is 24.3 Å². The van der Waals surface area contributed by atoms with Crippen LogP contribution >= 0.6 is 0 Å². The van der Waals surface area contributed by atoms with Crippen LogP contribution in [0.3, 0.4) is 0 Å². The minimum atomic E-state index is -0.585. The Hall–Kier alpha value is -8.47. The molecule has 13 rings (SSSR count). The summed E-state index contributed by atoms with van der Waals surface area (Å²) < 4.78 is 6.66. The first-order valence-electron chi connectivity index (χ1n) is 21.8. The van der Waals surface area contributed by atoms with E-state index in [1.165, 1.54) is 33.2 Å². The van der Waals surface area contributed by atoms with Gasteiger partial charge in [0.25, 0.3) is 0 Å². The number of hydrogen-bond donors (Lipinski definition) is 0. The van der Waals surface area contributed by atoms with Gasteiger partial charge in [-0.1, -0.05) is 200 Å². The van der Waals surface area contributed by atoms with Gasteiger partial charge in [0.15, 0.2) is 5.82 Å². The van der Waals surface area contributed by atoms with Crippen LogP contribution in [-0.4, -0.2) is 15.0 Å². The molecule has 0 radical (unpaired) electrons. The van der Waals surface area contributed by atoms with Crippen LogP contribution in [0.5, 0.6) is 11.5 Å². The van der Waals surface area contributed by atoms with Crippen LogP contribution in [0, 0.1) is 0 Å². The summed E-state index contributed by atoms with van der Waals surface area (Å²) in [7, 11) is 0. The van der Waals surface area contributed by atoms with E-state index in [0.29, 0.717) is 5.82 Å². The predicted molar refractivity (Wildman–Crippen MR) is 259 cm³/mol. The number of nitrogens with zero attached hydrogens (tertiary/aromatic N) is 3. The summed E-state index contributed by atoms with van der Waals surface area (Å²) >= 11 is 0. The van der Waals surface area contributed by atoms with E-state index < -0.39 is 5.41 Å². The lowest BCUT2D eigenvalue weighted by molar-refractivity contribution is 0.436. The summed E-state index contributed by atoms with van der Waals surface area (Å²) in [4.78, 5) is 16.0. The van der Waals surface area contributed by atoms with Crippen LogP contribution in [0.2, 0.25) is 0 Å². The first kappa shape index (κ1) is 36.2. The Morgan fingerprint density at radius 2 is 0.859 bits per heavy atom. The third-order valence-corrected chi connectivity index (χ3v) is 13.2. The molecule has 0 unspecified atom stereocenters. The van der Waals surface area contributed by atoms with Gasteiger partial charge in [-0.15, -0.1) is 0 Å². The lowest BCUT2D eigenvalue weighted by Gasteiger charge is -2.39. The zero-order chi connectivity index (χ0) is 42.2. The highest BCUT2D eigenvalue weighted by Crippen LogP contribution is 2.63. The first-order chi connectivity index (χ1) is 31.7. The largest absolute Gasteiger partial charge is 0.457 e. The second kappa shape index (κ2) is 14.3. The lowest BCUT2D eigenvalue weighted by Crippen LogP contribution is -2.32. The maximum Gasteiger partial charge on any atom is 0.160 e. The fourth-order valence-electron chi connectivity index (χ4n) is 10.3. The number of aromatic nitrogens is 3. The zero-order valence-corrected chi connectivity index (χ0v) is 34.6. The van der Waals surface area contributed by atoms with Gasteiger partial charge >= 0.3 is 0 Å². The minimum absolute atomic E-state index is 0.585. The second-order valence-corrected chi connectivity index (χ2v) is 16.6. The highest BCUT2D eigenvalue weighted by atomic mass is 16.5. The number of pyridine rings is 1. The van der Waals surface area contributed by atoms with E-state index in [-0.39, 0.29) is 0 Å². The van der Waals surface area contributed by atoms with Gasteiger partial charge in [0.2, 0.25) is 0 Å². The average molecular weight is 816 g/mol. The summed E-state index contributed by atoms with van der Waals surface area (Å²) in [6.45, 7) is 0. The van der Waals surface area contributed by atoms with E-state index in [1.54, 1.807) is 0 Å². The van der Waals surface area contributed by atoms with Gasteiger partial charge in [-0.25, -0.2) is 15.0 Å². The Bertz CT molecular complexity index is 3580. The molecule has 4 heteroatoms. The molecule has 0 amide bonds. The Balaban J connectivity index is 1.07. The number of rotatable bonds is 5. The second-order valence-electron chi connectivity index (χ2n) is 16.6. The number of ether oxygens (including phenoxy) is 1. The van der Waals surface area contributed by atoms with Crippen molar-refractivity contribution in [2.24, 2.45) is 0 Å². The Labute approximate surface area is 370 Å². The molecule has 4 nitrogen and oxygen atoms in total. The summed E-state index contributed by atoms with van der Waals surface area (Å²) in [5.74, 6) is 2.43. The van der Waals surface area contributed by atoms with Crippen LogP contribution in [0.25, 0.3) is 89.1 Å². The molecule has 0 atom stereocenters. The molecule has 2 aliphatic rings. The molecule has 0 fully saturated rings. The van der Waals surface area contributed by atoms with Gasteiger partial charge in [-0.3, -0.25) is 0 Å². The molecule has 1 aliphatic carbocycles. The minimum Gasteiger partial charge on any atom is -0.457 e. The quantitative estimate of drug-likeness (QED) is 0.162. The molecule has 3 heterocycles. The topological polar surface area (TPSA) is 47.9 Å². The van der Waals surface area contributed by atoms with Gasteiger partial charge in [0.05, 0.1) is 28.0 Å². The van der Waals surface area contributed by atoms with E-state index >= 15 is 0 Å². The molecule has 1 aliphatic heterocycles. The highest BCUT2D eigenvalue weighted by molar-refractivity contribution is 6.20. The fourth-order valence-corrected chi connectivity index (χ4v) is 10.3. The van der Waals surface area contributed by atoms with Gasteiger partial charge in [-0.05, 0) is 57.6 Å². The monoisotopic (exact) mass is 815 g/mol. The van der Waals surface area contributed by atoms with Crippen LogP contribution in [0.15, 0.2) is 224 Å². The van der Waals surface area contributed by atoms with Crippen LogP contribution in [0.1, 0.15) is 22.3 Å².